The highest BCUT2D eigenvalue weighted by molar-refractivity contribution is 7.91. The Labute approximate surface area is 208 Å². The molecule has 2 aliphatic heterocycles. The van der Waals surface area contributed by atoms with Gasteiger partial charge in [0.05, 0.1) is 16.7 Å². The molecule has 2 aliphatic rings. The molecule has 10 heteroatoms. The summed E-state index contributed by atoms with van der Waals surface area (Å²) in [5.41, 5.74) is 1.58. The summed E-state index contributed by atoms with van der Waals surface area (Å²) in [6.45, 7) is 1.81. The molecule has 1 fully saturated rings. The Balaban J connectivity index is 1.31. The molecule has 9 nitrogen and oxygen atoms in total. The third-order valence-corrected chi connectivity index (χ3v) is 8.53. The maximum Gasteiger partial charge on any atom is 0.252 e. The maximum absolute atomic E-state index is 13.0. The van der Waals surface area contributed by atoms with Gasteiger partial charge in [-0.2, -0.15) is 4.98 Å². The van der Waals surface area contributed by atoms with Crippen LogP contribution in [0.1, 0.15) is 18.0 Å². The van der Waals surface area contributed by atoms with E-state index < -0.39 is 15.9 Å². The van der Waals surface area contributed by atoms with E-state index in [0.29, 0.717) is 33.9 Å². The first-order chi connectivity index (χ1) is 17.5. The number of nitrogens with one attached hydrogen (secondary N) is 2. The number of sulfone groups is 1. The number of benzene rings is 2. The van der Waals surface area contributed by atoms with Crippen LogP contribution in [0.5, 0.6) is 5.75 Å². The third-order valence-electron chi connectivity index (χ3n) is 6.64. The lowest BCUT2D eigenvalue weighted by molar-refractivity contribution is 0.223. The molecule has 0 saturated carbocycles. The minimum atomic E-state index is -3.53. The van der Waals surface area contributed by atoms with E-state index in [1.54, 1.807) is 30.5 Å². The van der Waals surface area contributed by atoms with Crippen LogP contribution in [-0.4, -0.2) is 47.9 Å². The van der Waals surface area contributed by atoms with Crippen molar-refractivity contribution >= 4 is 32.5 Å². The highest BCUT2D eigenvalue weighted by Crippen LogP contribution is 2.31. The predicted molar refractivity (Wildman–Crippen MR) is 137 cm³/mol. The van der Waals surface area contributed by atoms with E-state index in [9.17, 15) is 13.2 Å². The van der Waals surface area contributed by atoms with E-state index >= 15 is 0 Å². The summed E-state index contributed by atoms with van der Waals surface area (Å²) >= 11 is 0. The summed E-state index contributed by atoms with van der Waals surface area (Å²) in [6, 6.07) is 17.0. The van der Waals surface area contributed by atoms with Crippen LogP contribution in [0.15, 0.2) is 76.6 Å². The zero-order valence-corrected chi connectivity index (χ0v) is 20.2. The van der Waals surface area contributed by atoms with Crippen molar-refractivity contribution in [2.45, 2.75) is 29.9 Å². The lowest BCUT2D eigenvalue weighted by Crippen LogP contribution is -2.34. The van der Waals surface area contributed by atoms with Crippen LogP contribution in [0, 0.1) is 0 Å². The molecule has 2 atom stereocenters. The van der Waals surface area contributed by atoms with Crippen molar-refractivity contribution in [2.75, 3.05) is 24.2 Å². The Bertz CT molecular complexity index is 1600. The number of rotatable bonds is 5. The van der Waals surface area contributed by atoms with Gasteiger partial charge in [-0.25, -0.2) is 13.4 Å². The fourth-order valence-corrected chi connectivity index (χ4v) is 6.71. The van der Waals surface area contributed by atoms with Crippen molar-refractivity contribution < 1.29 is 13.2 Å². The molecule has 0 bridgehead atoms. The van der Waals surface area contributed by atoms with Gasteiger partial charge < -0.3 is 15.4 Å². The molecule has 1 saturated heterocycles. The number of hydrogen-bond donors (Lipinski definition) is 2. The van der Waals surface area contributed by atoms with Crippen LogP contribution < -0.4 is 20.9 Å². The maximum atomic E-state index is 13.0. The van der Waals surface area contributed by atoms with Crippen LogP contribution in [-0.2, 0) is 16.3 Å². The summed E-state index contributed by atoms with van der Waals surface area (Å²) < 4.78 is 33.4. The molecule has 0 amide bonds. The molecule has 0 aliphatic carbocycles. The lowest BCUT2D eigenvalue weighted by atomic mass is 10.1. The first-order valence-corrected chi connectivity index (χ1v) is 13.5. The Morgan fingerprint density at radius 1 is 1.06 bits per heavy atom. The SMILES string of the molecule is O=c1ccc2cnc(Nc3ccc(OC4CCNC4)cc3)nc2n1C1Cc2ccccc2S(=O)(=O)C1. The van der Waals surface area contributed by atoms with E-state index in [2.05, 4.69) is 20.6 Å². The van der Waals surface area contributed by atoms with E-state index in [1.807, 2.05) is 30.3 Å². The fourth-order valence-electron chi connectivity index (χ4n) is 4.92. The van der Waals surface area contributed by atoms with E-state index in [4.69, 9.17) is 4.74 Å². The number of pyridine rings is 1. The zero-order valence-electron chi connectivity index (χ0n) is 19.4. The second kappa shape index (κ2) is 9.03. The Kier molecular flexibility index (Phi) is 5.69. The lowest BCUT2D eigenvalue weighted by Gasteiger charge is -2.27. The van der Waals surface area contributed by atoms with Crippen molar-refractivity contribution in [2.24, 2.45) is 0 Å². The molecule has 184 valence electrons. The summed E-state index contributed by atoms with van der Waals surface area (Å²) in [7, 11) is -3.53. The fraction of sp³-hybridized carbons (Fsp3) is 0.269. The number of ether oxygens (including phenoxy) is 1. The van der Waals surface area contributed by atoms with Gasteiger partial charge in [0.2, 0.25) is 5.95 Å². The van der Waals surface area contributed by atoms with E-state index in [0.717, 1.165) is 30.9 Å². The van der Waals surface area contributed by atoms with Crippen LogP contribution >= 0.6 is 0 Å². The van der Waals surface area contributed by atoms with Gasteiger partial charge in [0.25, 0.3) is 5.56 Å². The molecule has 36 heavy (non-hydrogen) atoms. The molecule has 2 aromatic heterocycles. The van der Waals surface area contributed by atoms with E-state index in [-0.39, 0.29) is 17.4 Å². The molecule has 4 heterocycles. The summed E-state index contributed by atoms with van der Waals surface area (Å²) in [5.74, 6) is 0.948. The molecular formula is C26H25N5O4S. The summed E-state index contributed by atoms with van der Waals surface area (Å²) in [6.07, 6.45) is 3.23. The van der Waals surface area contributed by atoms with Crippen LogP contribution in [0.3, 0.4) is 0 Å². The normalized spacial score (nSPS) is 20.7. The van der Waals surface area contributed by atoms with Crippen LogP contribution in [0.2, 0.25) is 0 Å². The second-order valence-electron chi connectivity index (χ2n) is 9.14. The van der Waals surface area contributed by atoms with E-state index in [1.165, 1.54) is 10.6 Å². The monoisotopic (exact) mass is 503 g/mol. The first kappa shape index (κ1) is 22.7. The largest absolute Gasteiger partial charge is 0.489 e. The van der Waals surface area contributed by atoms with Crippen molar-refractivity contribution in [1.29, 1.82) is 0 Å². The molecule has 0 radical (unpaired) electrons. The molecular weight excluding hydrogens is 478 g/mol. The topological polar surface area (TPSA) is 115 Å². The number of anilines is 2. The smallest absolute Gasteiger partial charge is 0.252 e. The first-order valence-electron chi connectivity index (χ1n) is 11.9. The van der Waals surface area contributed by atoms with Crippen LogP contribution in [0.4, 0.5) is 11.6 Å². The average Bonchev–Trinajstić information content (AvgIpc) is 3.38. The summed E-state index contributed by atoms with van der Waals surface area (Å²) in [5, 5.41) is 7.11. The Morgan fingerprint density at radius 2 is 1.89 bits per heavy atom. The van der Waals surface area contributed by atoms with Gasteiger partial charge in [-0.05, 0) is 61.3 Å². The summed E-state index contributed by atoms with van der Waals surface area (Å²) in [4.78, 5) is 22.3. The quantitative estimate of drug-likeness (QED) is 0.427. The molecule has 4 aromatic rings. The number of aromatic nitrogens is 3. The minimum Gasteiger partial charge on any atom is -0.489 e. The van der Waals surface area contributed by atoms with Crippen LogP contribution in [0.25, 0.3) is 11.0 Å². The Morgan fingerprint density at radius 3 is 2.69 bits per heavy atom. The van der Waals surface area contributed by atoms with Gasteiger partial charge in [0.15, 0.2) is 9.84 Å². The number of fused-ring (bicyclic) bond motifs is 2. The molecule has 2 unspecified atom stereocenters. The third kappa shape index (κ3) is 4.33. The van der Waals surface area contributed by atoms with Crippen molar-refractivity contribution in [1.82, 2.24) is 19.9 Å². The van der Waals surface area contributed by atoms with Gasteiger partial charge >= 0.3 is 0 Å². The highest BCUT2D eigenvalue weighted by Gasteiger charge is 2.32. The van der Waals surface area contributed by atoms with Crippen molar-refractivity contribution in [3.63, 3.8) is 0 Å². The van der Waals surface area contributed by atoms with Gasteiger partial charge in [0.1, 0.15) is 17.5 Å². The zero-order chi connectivity index (χ0) is 24.7. The van der Waals surface area contributed by atoms with Gasteiger partial charge in [-0.15, -0.1) is 0 Å². The second-order valence-corrected chi connectivity index (χ2v) is 11.1. The molecule has 2 N–H and O–H groups in total. The van der Waals surface area contributed by atoms with Crippen molar-refractivity contribution in [3.8, 4) is 5.75 Å². The van der Waals surface area contributed by atoms with Gasteiger partial charge in [-0.3, -0.25) is 9.36 Å². The predicted octanol–water partition coefficient (Wildman–Crippen LogP) is 2.85. The molecule has 2 aromatic carbocycles. The number of nitrogens with zero attached hydrogens (tertiary/aromatic N) is 3. The van der Waals surface area contributed by atoms with Gasteiger partial charge in [0, 0.05) is 29.9 Å². The standard InChI is InChI=1S/C26H25N5O4S/c32-24-10-5-18-14-28-26(29-19-6-8-21(9-7-19)35-22-11-12-27-15-22)30-25(18)31(24)20-13-17-3-1-2-4-23(17)36(33,34)16-20/h1-10,14,20,22,27H,11-13,15-16H2,(H,28,29,30). The van der Waals surface area contributed by atoms with Gasteiger partial charge in [-0.1, -0.05) is 18.2 Å². The van der Waals surface area contributed by atoms with Crippen molar-refractivity contribution in [3.05, 3.63) is 82.8 Å². The molecule has 0 spiro atoms. The highest BCUT2D eigenvalue weighted by atomic mass is 32.2. The molecule has 6 rings (SSSR count). The minimum absolute atomic E-state index is 0.159. The Hall–Kier alpha value is -3.76. The number of hydrogen-bond acceptors (Lipinski definition) is 8. The average molecular weight is 504 g/mol.